The predicted molar refractivity (Wildman–Crippen MR) is 74.1 cm³/mol. The molecular formula is C13H17N3O5. The number of nitrogens with zero attached hydrogens (tertiary/aromatic N) is 2. The van der Waals surface area contributed by atoms with Gasteiger partial charge in [-0.1, -0.05) is 0 Å². The Hall–Kier alpha value is -2.64. The molecule has 1 heterocycles. The van der Waals surface area contributed by atoms with Crippen LogP contribution >= 0.6 is 0 Å². The van der Waals surface area contributed by atoms with Gasteiger partial charge >= 0.3 is 18.0 Å². The van der Waals surface area contributed by atoms with Gasteiger partial charge in [-0.25, -0.2) is 14.6 Å². The average Bonchev–Trinajstić information content (AvgIpc) is 2.47. The van der Waals surface area contributed by atoms with Gasteiger partial charge in [-0.05, 0) is 18.6 Å². The summed E-state index contributed by atoms with van der Waals surface area (Å²) in [5.74, 6) is -1.57. The highest BCUT2D eigenvalue weighted by molar-refractivity contribution is 5.98. The van der Waals surface area contributed by atoms with Crippen molar-refractivity contribution in [1.29, 1.82) is 0 Å². The summed E-state index contributed by atoms with van der Waals surface area (Å²) in [6.45, 7) is 0.337. The molecule has 0 bridgehead atoms. The van der Waals surface area contributed by atoms with Gasteiger partial charge in [0, 0.05) is 26.2 Å². The minimum absolute atomic E-state index is 0.120. The van der Waals surface area contributed by atoms with Gasteiger partial charge < -0.3 is 20.1 Å². The molecule has 0 unspecified atom stereocenters. The quantitative estimate of drug-likeness (QED) is 0.763. The smallest absolute Gasteiger partial charge is 0.356 e. The third-order valence-electron chi connectivity index (χ3n) is 2.70. The molecule has 1 aromatic rings. The number of carboxylic acids is 1. The maximum absolute atomic E-state index is 11.9. The molecule has 2 amide bonds. The molecule has 0 aliphatic carbocycles. The van der Waals surface area contributed by atoms with Crippen LogP contribution in [0.25, 0.3) is 0 Å². The molecule has 0 saturated heterocycles. The molecule has 21 heavy (non-hydrogen) atoms. The van der Waals surface area contributed by atoms with Crippen LogP contribution in [0.3, 0.4) is 0 Å². The van der Waals surface area contributed by atoms with E-state index in [-0.39, 0.29) is 23.8 Å². The van der Waals surface area contributed by atoms with Gasteiger partial charge in [0.1, 0.15) is 0 Å². The number of urea groups is 1. The van der Waals surface area contributed by atoms with E-state index in [2.05, 4.69) is 15.0 Å². The maximum atomic E-state index is 11.9. The van der Waals surface area contributed by atoms with Crippen molar-refractivity contribution in [3.05, 3.63) is 24.0 Å². The van der Waals surface area contributed by atoms with Crippen LogP contribution < -0.4 is 5.32 Å². The molecule has 0 aromatic carbocycles. The third-order valence-corrected chi connectivity index (χ3v) is 2.70. The number of esters is 1. The fourth-order valence-corrected chi connectivity index (χ4v) is 1.55. The summed E-state index contributed by atoms with van der Waals surface area (Å²) >= 11 is 0. The first-order valence-corrected chi connectivity index (χ1v) is 6.23. The van der Waals surface area contributed by atoms with Gasteiger partial charge in [0.2, 0.25) is 0 Å². The Labute approximate surface area is 121 Å². The van der Waals surface area contributed by atoms with E-state index in [9.17, 15) is 14.4 Å². The molecule has 0 atom stereocenters. The summed E-state index contributed by atoms with van der Waals surface area (Å²) < 4.78 is 4.50. The molecule has 8 nitrogen and oxygen atoms in total. The van der Waals surface area contributed by atoms with E-state index in [1.165, 1.54) is 30.3 Å². The molecule has 0 saturated carbocycles. The second-order valence-corrected chi connectivity index (χ2v) is 4.24. The number of amides is 2. The van der Waals surface area contributed by atoms with Crippen LogP contribution in [0.1, 0.15) is 23.3 Å². The highest BCUT2D eigenvalue weighted by Gasteiger charge is 2.15. The minimum Gasteiger partial charge on any atom is -0.476 e. The van der Waals surface area contributed by atoms with Gasteiger partial charge in [-0.2, -0.15) is 0 Å². The Balaban J connectivity index is 2.56. The lowest BCUT2D eigenvalue weighted by molar-refractivity contribution is -0.140. The fraction of sp³-hybridized carbons (Fsp3) is 0.385. The van der Waals surface area contributed by atoms with Crippen LogP contribution in [0.5, 0.6) is 0 Å². The van der Waals surface area contributed by atoms with E-state index in [1.54, 1.807) is 7.05 Å². The summed E-state index contributed by atoms with van der Waals surface area (Å²) in [5.41, 5.74) is -0.108. The highest BCUT2D eigenvalue weighted by Crippen LogP contribution is 2.12. The van der Waals surface area contributed by atoms with Crippen molar-refractivity contribution >= 4 is 23.7 Å². The lowest BCUT2D eigenvalue weighted by Crippen LogP contribution is -2.33. The number of carbonyl (C=O) groups is 3. The number of hydrogen-bond acceptors (Lipinski definition) is 5. The lowest BCUT2D eigenvalue weighted by Gasteiger charge is -2.18. The topological polar surface area (TPSA) is 109 Å². The van der Waals surface area contributed by atoms with Crippen molar-refractivity contribution in [3.63, 3.8) is 0 Å². The summed E-state index contributed by atoms with van der Waals surface area (Å²) in [4.78, 5) is 38.9. The molecule has 8 heteroatoms. The number of anilines is 1. The van der Waals surface area contributed by atoms with E-state index in [0.717, 1.165) is 0 Å². The standard InChI is InChI=1S/C13H17N3O5/c1-16(8-4-6-10(17)21-2)13(20)15-9-5-3-7-14-11(9)12(18)19/h3,5,7H,4,6,8H2,1-2H3,(H,15,20)(H,18,19). The predicted octanol–water partition coefficient (Wildman–Crippen LogP) is 1.20. The Morgan fingerprint density at radius 1 is 1.43 bits per heavy atom. The first kappa shape index (κ1) is 16.4. The zero-order valence-electron chi connectivity index (χ0n) is 11.8. The number of hydrogen-bond donors (Lipinski definition) is 2. The fourth-order valence-electron chi connectivity index (χ4n) is 1.55. The SMILES string of the molecule is COC(=O)CCCN(C)C(=O)Nc1cccnc1C(=O)O. The molecule has 0 radical (unpaired) electrons. The minimum atomic E-state index is -1.22. The van der Waals surface area contributed by atoms with Crippen molar-refractivity contribution in [2.24, 2.45) is 0 Å². The van der Waals surface area contributed by atoms with Crippen LogP contribution in [-0.2, 0) is 9.53 Å². The number of nitrogens with one attached hydrogen (secondary N) is 1. The van der Waals surface area contributed by atoms with E-state index in [1.807, 2.05) is 0 Å². The number of aromatic carboxylic acids is 1. The monoisotopic (exact) mass is 295 g/mol. The molecule has 1 aromatic heterocycles. The van der Waals surface area contributed by atoms with Crippen LogP contribution in [0, 0.1) is 0 Å². The number of carboxylic acid groups (broad SMARTS) is 1. The molecule has 0 aliphatic heterocycles. The van der Waals surface area contributed by atoms with Crippen molar-refractivity contribution < 1.29 is 24.2 Å². The number of carbonyl (C=O) groups excluding carboxylic acids is 2. The molecular weight excluding hydrogens is 278 g/mol. The van der Waals surface area contributed by atoms with Crippen molar-refractivity contribution in [3.8, 4) is 0 Å². The Morgan fingerprint density at radius 2 is 2.14 bits per heavy atom. The molecule has 0 aliphatic rings. The van der Waals surface area contributed by atoms with Gasteiger partial charge in [-0.15, -0.1) is 0 Å². The van der Waals surface area contributed by atoms with Gasteiger partial charge in [0.25, 0.3) is 0 Å². The van der Waals surface area contributed by atoms with E-state index in [4.69, 9.17) is 5.11 Å². The molecule has 1 rings (SSSR count). The molecule has 0 spiro atoms. The molecule has 2 N–H and O–H groups in total. The second kappa shape index (κ2) is 7.83. The second-order valence-electron chi connectivity index (χ2n) is 4.24. The molecule has 114 valence electrons. The van der Waals surface area contributed by atoms with Gasteiger partial charge in [0.15, 0.2) is 5.69 Å². The Bertz CT molecular complexity index is 532. The van der Waals surface area contributed by atoms with Crippen molar-refractivity contribution in [1.82, 2.24) is 9.88 Å². The third kappa shape index (κ3) is 5.09. The number of pyridine rings is 1. The lowest BCUT2D eigenvalue weighted by atomic mass is 10.3. The summed E-state index contributed by atoms with van der Waals surface area (Å²) in [6.07, 6.45) is 2.00. The van der Waals surface area contributed by atoms with E-state index in [0.29, 0.717) is 13.0 Å². The number of ether oxygens (including phenoxy) is 1. The Morgan fingerprint density at radius 3 is 2.76 bits per heavy atom. The number of rotatable bonds is 6. The van der Waals surface area contributed by atoms with Crippen molar-refractivity contribution in [2.75, 3.05) is 26.0 Å². The van der Waals surface area contributed by atoms with Gasteiger partial charge in [-0.3, -0.25) is 4.79 Å². The van der Waals surface area contributed by atoms with Crippen LogP contribution in [0.15, 0.2) is 18.3 Å². The highest BCUT2D eigenvalue weighted by atomic mass is 16.5. The summed E-state index contributed by atoms with van der Waals surface area (Å²) in [5, 5.41) is 11.4. The van der Waals surface area contributed by atoms with Crippen LogP contribution in [-0.4, -0.2) is 53.7 Å². The first-order chi connectivity index (χ1) is 9.95. The number of aromatic nitrogens is 1. The normalized spacial score (nSPS) is 9.81. The van der Waals surface area contributed by atoms with Crippen LogP contribution in [0.2, 0.25) is 0 Å². The average molecular weight is 295 g/mol. The zero-order chi connectivity index (χ0) is 15.8. The number of methoxy groups -OCH3 is 1. The Kier molecular flexibility index (Phi) is 6.12. The van der Waals surface area contributed by atoms with Gasteiger partial charge in [0.05, 0.1) is 12.8 Å². The summed E-state index contributed by atoms with van der Waals surface area (Å²) in [6, 6.07) is 2.51. The van der Waals surface area contributed by atoms with E-state index >= 15 is 0 Å². The maximum Gasteiger partial charge on any atom is 0.356 e. The van der Waals surface area contributed by atoms with Crippen molar-refractivity contribution in [2.45, 2.75) is 12.8 Å². The van der Waals surface area contributed by atoms with Crippen LogP contribution in [0.4, 0.5) is 10.5 Å². The first-order valence-electron chi connectivity index (χ1n) is 6.23. The molecule has 0 fully saturated rings. The zero-order valence-corrected chi connectivity index (χ0v) is 11.8. The van der Waals surface area contributed by atoms with E-state index < -0.39 is 12.0 Å². The largest absolute Gasteiger partial charge is 0.476 e. The summed E-state index contributed by atoms with van der Waals surface area (Å²) in [7, 11) is 2.85.